The highest BCUT2D eigenvalue weighted by Crippen LogP contribution is 2.18. The summed E-state index contributed by atoms with van der Waals surface area (Å²) in [5, 5.41) is 9.61. The summed E-state index contributed by atoms with van der Waals surface area (Å²) in [4.78, 5) is 3.97. The highest BCUT2D eigenvalue weighted by atomic mass is 16.5. The molecule has 0 aliphatic heterocycles. The van der Waals surface area contributed by atoms with Crippen LogP contribution in [0.3, 0.4) is 0 Å². The van der Waals surface area contributed by atoms with Crippen molar-refractivity contribution in [3.63, 3.8) is 0 Å². The first kappa shape index (κ1) is 10.9. The zero-order chi connectivity index (χ0) is 12.2. The Labute approximate surface area is 105 Å². The van der Waals surface area contributed by atoms with E-state index in [4.69, 9.17) is 0 Å². The van der Waals surface area contributed by atoms with Gasteiger partial charge >= 0.3 is 0 Å². The Morgan fingerprint density at radius 2 is 1.89 bits per heavy atom. The Kier molecular flexibility index (Phi) is 3.02. The van der Waals surface area contributed by atoms with E-state index in [0.29, 0.717) is 12.4 Å². The molecule has 18 heavy (non-hydrogen) atoms. The van der Waals surface area contributed by atoms with Crippen LogP contribution < -0.4 is 5.32 Å². The molecule has 2 aromatic carbocycles. The van der Waals surface area contributed by atoms with E-state index in [1.807, 2.05) is 0 Å². The second kappa shape index (κ2) is 4.98. The first-order valence-electron chi connectivity index (χ1n) is 5.86. The summed E-state index contributed by atoms with van der Waals surface area (Å²) in [6.07, 6.45) is 1.34. The van der Waals surface area contributed by atoms with Gasteiger partial charge in [0.15, 0.2) is 5.82 Å². The Morgan fingerprint density at radius 1 is 1.00 bits per heavy atom. The molecule has 1 aromatic heterocycles. The molecule has 1 heterocycles. The van der Waals surface area contributed by atoms with E-state index in [-0.39, 0.29) is 0 Å². The highest BCUT2D eigenvalue weighted by molar-refractivity contribution is 5.85. The number of hydrogen-bond donors (Lipinski definition) is 1. The number of aromatic nitrogens is 2. The molecule has 0 fully saturated rings. The van der Waals surface area contributed by atoms with Crippen molar-refractivity contribution >= 4 is 10.8 Å². The lowest BCUT2D eigenvalue weighted by Crippen LogP contribution is -2.13. The first-order chi connectivity index (χ1) is 8.93. The number of benzene rings is 2. The fraction of sp³-hybridized carbons (Fsp3) is 0.143. The molecule has 4 heteroatoms. The minimum absolute atomic E-state index is 0.611. The van der Waals surface area contributed by atoms with Crippen molar-refractivity contribution in [3.05, 3.63) is 60.2 Å². The number of nitrogens with zero attached hydrogens (tertiary/aromatic N) is 2. The van der Waals surface area contributed by atoms with E-state index in [1.165, 1.54) is 22.7 Å². The second-order valence-electron chi connectivity index (χ2n) is 4.09. The quantitative estimate of drug-likeness (QED) is 0.760. The normalized spacial score (nSPS) is 10.9. The number of rotatable bonds is 4. The van der Waals surface area contributed by atoms with Crippen LogP contribution in [-0.4, -0.2) is 10.1 Å². The number of nitrogens with one attached hydrogen (secondary N) is 1. The predicted molar refractivity (Wildman–Crippen MR) is 68.8 cm³/mol. The maximum Gasteiger partial charge on any atom is 0.213 e. The summed E-state index contributed by atoms with van der Waals surface area (Å²) in [5.74, 6) is 0.676. The fourth-order valence-corrected chi connectivity index (χ4v) is 2.03. The minimum atomic E-state index is 0.611. The maximum atomic E-state index is 4.69. The lowest BCUT2D eigenvalue weighted by atomic mass is 10.0. The largest absolute Gasteiger partial charge is 0.343 e. The van der Waals surface area contributed by atoms with E-state index < -0.39 is 0 Å². The van der Waals surface area contributed by atoms with Crippen LogP contribution in [0.4, 0.5) is 0 Å². The third-order valence-electron chi connectivity index (χ3n) is 2.89. The Morgan fingerprint density at radius 3 is 2.78 bits per heavy atom. The van der Waals surface area contributed by atoms with Crippen molar-refractivity contribution in [2.45, 2.75) is 13.1 Å². The van der Waals surface area contributed by atoms with Gasteiger partial charge in [-0.25, -0.2) is 0 Å². The topological polar surface area (TPSA) is 51.0 Å². The summed E-state index contributed by atoms with van der Waals surface area (Å²) >= 11 is 0. The van der Waals surface area contributed by atoms with E-state index >= 15 is 0 Å². The van der Waals surface area contributed by atoms with Crippen LogP contribution in [-0.2, 0) is 13.1 Å². The zero-order valence-electron chi connectivity index (χ0n) is 9.84. The molecule has 0 saturated heterocycles. The summed E-state index contributed by atoms with van der Waals surface area (Å²) in [6.45, 7) is 1.40. The average molecular weight is 239 g/mol. The van der Waals surface area contributed by atoms with E-state index in [2.05, 4.69) is 62.4 Å². The summed E-state index contributed by atoms with van der Waals surface area (Å²) in [7, 11) is 0. The molecule has 4 nitrogen and oxygen atoms in total. The fourth-order valence-electron chi connectivity index (χ4n) is 2.03. The van der Waals surface area contributed by atoms with Gasteiger partial charge in [0.05, 0.1) is 6.54 Å². The zero-order valence-corrected chi connectivity index (χ0v) is 9.84. The van der Waals surface area contributed by atoms with Gasteiger partial charge in [-0.2, -0.15) is 4.98 Å². The van der Waals surface area contributed by atoms with Crippen LogP contribution in [0.5, 0.6) is 0 Å². The van der Waals surface area contributed by atoms with Gasteiger partial charge in [0.25, 0.3) is 0 Å². The van der Waals surface area contributed by atoms with E-state index in [0.717, 1.165) is 6.54 Å². The molecule has 0 saturated carbocycles. The molecule has 0 atom stereocenters. The van der Waals surface area contributed by atoms with E-state index in [1.54, 1.807) is 0 Å². The van der Waals surface area contributed by atoms with Crippen LogP contribution in [0.25, 0.3) is 10.8 Å². The van der Waals surface area contributed by atoms with Crippen molar-refractivity contribution in [2.24, 2.45) is 0 Å². The molecule has 0 aliphatic carbocycles. The van der Waals surface area contributed by atoms with Crippen LogP contribution in [0.2, 0.25) is 0 Å². The van der Waals surface area contributed by atoms with Crippen molar-refractivity contribution < 1.29 is 4.52 Å². The van der Waals surface area contributed by atoms with Gasteiger partial charge in [0.2, 0.25) is 6.39 Å². The third kappa shape index (κ3) is 2.24. The van der Waals surface area contributed by atoms with Gasteiger partial charge in [0, 0.05) is 6.54 Å². The van der Waals surface area contributed by atoms with Gasteiger partial charge in [-0.05, 0) is 16.3 Å². The molecule has 0 amide bonds. The van der Waals surface area contributed by atoms with Gasteiger partial charge in [0.1, 0.15) is 0 Å². The summed E-state index contributed by atoms with van der Waals surface area (Å²) in [5.41, 5.74) is 1.27. The van der Waals surface area contributed by atoms with Crippen LogP contribution >= 0.6 is 0 Å². The Bertz CT molecular complexity index is 629. The van der Waals surface area contributed by atoms with E-state index in [9.17, 15) is 0 Å². The Balaban J connectivity index is 1.74. The van der Waals surface area contributed by atoms with Crippen molar-refractivity contribution in [3.8, 4) is 0 Å². The molecular weight excluding hydrogens is 226 g/mol. The molecule has 3 rings (SSSR count). The Hall–Kier alpha value is -2.20. The summed E-state index contributed by atoms with van der Waals surface area (Å²) < 4.78 is 4.69. The summed E-state index contributed by atoms with van der Waals surface area (Å²) in [6, 6.07) is 14.7. The highest BCUT2D eigenvalue weighted by Gasteiger charge is 2.01. The number of fused-ring (bicyclic) bond motifs is 1. The molecule has 1 N–H and O–H groups in total. The molecule has 0 unspecified atom stereocenters. The van der Waals surface area contributed by atoms with Gasteiger partial charge in [-0.1, -0.05) is 47.6 Å². The first-order valence-corrected chi connectivity index (χ1v) is 5.86. The van der Waals surface area contributed by atoms with Gasteiger partial charge in [-0.15, -0.1) is 0 Å². The lowest BCUT2D eigenvalue weighted by Gasteiger charge is -2.06. The van der Waals surface area contributed by atoms with Crippen LogP contribution in [0, 0.1) is 0 Å². The lowest BCUT2D eigenvalue weighted by molar-refractivity contribution is 0.407. The molecule has 0 bridgehead atoms. The predicted octanol–water partition coefficient (Wildman–Crippen LogP) is 2.51. The molecule has 0 aliphatic rings. The third-order valence-corrected chi connectivity index (χ3v) is 2.89. The molecule has 0 radical (unpaired) electrons. The number of hydrogen-bond acceptors (Lipinski definition) is 4. The minimum Gasteiger partial charge on any atom is -0.343 e. The molecule has 0 spiro atoms. The monoisotopic (exact) mass is 239 g/mol. The van der Waals surface area contributed by atoms with Crippen molar-refractivity contribution in [1.29, 1.82) is 0 Å². The second-order valence-corrected chi connectivity index (χ2v) is 4.09. The SMILES string of the molecule is c1ccc2c(CNCc3ncon3)cccc2c1. The molecular formula is C14H13N3O. The van der Waals surface area contributed by atoms with Gasteiger partial charge in [-0.3, -0.25) is 0 Å². The van der Waals surface area contributed by atoms with Gasteiger partial charge < -0.3 is 9.84 Å². The maximum absolute atomic E-state index is 4.69. The molecule has 3 aromatic rings. The smallest absolute Gasteiger partial charge is 0.213 e. The molecule has 90 valence electrons. The van der Waals surface area contributed by atoms with Crippen molar-refractivity contribution in [2.75, 3.05) is 0 Å². The average Bonchev–Trinajstić information content (AvgIpc) is 2.92. The van der Waals surface area contributed by atoms with Crippen LogP contribution in [0.1, 0.15) is 11.4 Å². The standard InChI is InChI=1S/C14H13N3O/c1-2-7-13-11(4-1)5-3-6-12(13)8-15-9-14-16-10-18-17-14/h1-7,10,15H,8-9H2. The van der Waals surface area contributed by atoms with Crippen LogP contribution in [0.15, 0.2) is 53.4 Å². The van der Waals surface area contributed by atoms with Crippen molar-refractivity contribution in [1.82, 2.24) is 15.5 Å².